The number of aryl methyl sites for hydroxylation is 1. The first-order valence-electron chi connectivity index (χ1n) is 8.52. The summed E-state index contributed by atoms with van der Waals surface area (Å²) in [6.45, 7) is 3.39. The Morgan fingerprint density at radius 3 is 2.55 bits per heavy atom. The number of fused-ring (bicyclic) bond motifs is 1. The van der Waals surface area contributed by atoms with Gasteiger partial charge in [-0.05, 0) is 32.0 Å². The van der Waals surface area contributed by atoms with Crippen molar-refractivity contribution >= 4 is 43.2 Å². The lowest BCUT2D eigenvalue weighted by Gasteiger charge is -2.05. The summed E-state index contributed by atoms with van der Waals surface area (Å²) in [5.74, 6) is -0.570. The highest BCUT2D eigenvalue weighted by molar-refractivity contribution is 7.90. The highest BCUT2D eigenvalue weighted by Crippen LogP contribution is 2.24. The third kappa shape index (κ3) is 4.51. The maximum atomic E-state index is 12.7. The summed E-state index contributed by atoms with van der Waals surface area (Å²) >= 11 is 0.945. The van der Waals surface area contributed by atoms with Crippen molar-refractivity contribution < 1.29 is 22.9 Å². The molecule has 0 amide bonds. The fourth-order valence-corrected chi connectivity index (χ4v) is 4.87. The number of thiazole rings is 1. The molecule has 0 saturated carbocycles. The van der Waals surface area contributed by atoms with Gasteiger partial charge in [0.25, 0.3) is 15.7 Å². The summed E-state index contributed by atoms with van der Waals surface area (Å²) in [5.41, 5.74) is 1.21. The molecule has 0 aliphatic heterocycles. The van der Waals surface area contributed by atoms with Gasteiger partial charge in [-0.15, -0.1) is 4.40 Å². The molecule has 0 spiro atoms. The Balaban J connectivity index is 2.21. The summed E-state index contributed by atoms with van der Waals surface area (Å²) in [6.07, 6.45) is 0. The third-order valence-electron chi connectivity index (χ3n) is 3.99. The lowest BCUT2D eigenvalue weighted by molar-refractivity contribution is -0.384. The molecule has 3 rings (SSSR count). The smallest absolute Gasteiger partial charge is 0.326 e. The van der Waals surface area contributed by atoms with Gasteiger partial charge in [0.1, 0.15) is 6.54 Å². The van der Waals surface area contributed by atoms with Crippen LogP contribution in [0.25, 0.3) is 10.2 Å². The van der Waals surface area contributed by atoms with Gasteiger partial charge in [0.2, 0.25) is 4.80 Å². The second-order valence-corrected chi connectivity index (χ2v) is 8.68. The molecule has 0 fully saturated rings. The second-order valence-electron chi connectivity index (χ2n) is 6.06. The summed E-state index contributed by atoms with van der Waals surface area (Å²) < 4.78 is 36.1. The van der Waals surface area contributed by atoms with Crippen LogP contribution in [0, 0.1) is 17.0 Å². The SMILES string of the molecule is CCOC(=O)Cn1/c(=N/S(=O)(=O)c2ccc(C)cc2)sc2cc([N+](=O)[O-])ccc21. The van der Waals surface area contributed by atoms with Gasteiger partial charge in [0.05, 0.1) is 26.6 Å². The van der Waals surface area contributed by atoms with E-state index in [1.807, 2.05) is 6.92 Å². The summed E-state index contributed by atoms with van der Waals surface area (Å²) in [7, 11) is -4.05. The number of nitrogens with zero attached hydrogens (tertiary/aromatic N) is 3. The van der Waals surface area contributed by atoms with Gasteiger partial charge in [0, 0.05) is 12.1 Å². The first-order valence-corrected chi connectivity index (χ1v) is 10.8. The molecule has 0 bridgehead atoms. The molecule has 0 radical (unpaired) electrons. The van der Waals surface area contributed by atoms with Gasteiger partial charge in [-0.3, -0.25) is 14.9 Å². The number of nitro benzene ring substituents is 1. The van der Waals surface area contributed by atoms with Crippen molar-refractivity contribution in [3.8, 4) is 0 Å². The lowest BCUT2D eigenvalue weighted by atomic mass is 10.2. The molecule has 1 aromatic heterocycles. The van der Waals surface area contributed by atoms with Crippen LogP contribution in [-0.2, 0) is 26.1 Å². The van der Waals surface area contributed by atoms with Crippen LogP contribution in [0.1, 0.15) is 12.5 Å². The number of benzene rings is 2. The first kappa shape index (κ1) is 20.7. The van der Waals surface area contributed by atoms with Gasteiger partial charge >= 0.3 is 5.97 Å². The van der Waals surface area contributed by atoms with Gasteiger partial charge < -0.3 is 9.30 Å². The molecular formula is C18H17N3O6S2. The van der Waals surface area contributed by atoms with Crippen LogP contribution in [0.4, 0.5) is 5.69 Å². The van der Waals surface area contributed by atoms with Crippen LogP contribution in [0.2, 0.25) is 0 Å². The Labute approximate surface area is 170 Å². The molecule has 0 unspecified atom stereocenters. The van der Waals surface area contributed by atoms with E-state index >= 15 is 0 Å². The minimum absolute atomic E-state index is 0.00854. The number of carbonyl (C=O) groups is 1. The van der Waals surface area contributed by atoms with E-state index in [0.29, 0.717) is 10.2 Å². The highest BCUT2D eigenvalue weighted by atomic mass is 32.2. The van der Waals surface area contributed by atoms with E-state index in [4.69, 9.17) is 4.74 Å². The van der Waals surface area contributed by atoms with Gasteiger partial charge in [-0.2, -0.15) is 8.42 Å². The van der Waals surface area contributed by atoms with E-state index < -0.39 is 20.9 Å². The van der Waals surface area contributed by atoms with Crippen molar-refractivity contribution in [3.05, 3.63) is 62.9 Å². The van der Waals surface area contributed by atoms with E-state index in [1.54, 1.807) is 19.1 Å². The minimum atomic E-state index is -4.05. The fourth-order valence-electron chi connectivity index (χ4n) is 2.60. The summed E-state index contributed by atoms with van der Waals surface area (Å²) in [6, 6.07) is 10.3. The number of hydrogen-bond donors (Lipinski definition) is 0. The molecular weight excluding hydrogens is 418 g/mol. The van der Waals surface area contributed by atoms with Gasteiger partial charge in [-0.25, -0.2) is 0 Å². The van der Waals surface area contributed by atoms with E-state index in [1.165, 1.54) is 34.9 Å². The molecule has 3 aromatic rings. The number of sulfonamides is 1. The first-order chi connectivity index (χ1) is 13.7. The van der Waals surface area contributed by atoms with Crippen molar-refractivity contribution in [2.45, 2.75) is 25.3 Å². The number of non-ortho nitro benzene ring substituents is 1. The molecule has 0 aliphatic rings. The number of nitro groups is 1. The van der Waals surface area contributed by atoms with Gasteiger partial charge in [-0.1, -0.05) is 29.0 Å². The Morgan fingerprint density at radius 1 is 1.24 bits per heavy atom. The van der Waals surface area contributed by atoms with Crippen LogP contribution in [-0.4, -0.2) is 30.5 Å². The highest BCUT2D eigenvalue weighted by Gasteiger charge is 2.18. The number of esters is 1. The molecule has 2 aromatic carbocycles. The second kappa shape index (κ2) is 8.13. The van der Waals surface area contributed by atoms with Gasteiger partial charge in [0.15, 0.2) is 0 Å². The maximum absolute atomic E-state index is 12.7. The monoisotopic (exact) mass is 435 g/mol. The number of rotatable bonds is 6. The zero-order valence-corrected chi connectivity index (χ0v) is 17.2. The third-order valence-corrected chi connectivity index (χ3v) is 6.42. The maximum Gasteiger partial charge on any atom is 0.326 e. The molecule has 0 aliphatic carbocycles. The Hall–Kier alpha value is -3.05. The van der Waals surface area contributed by atoms with E-state index in [2.05, 4.69) is 4.40 Å². The predicted molar refractivity (Wildman–Crippen MR) is 107 cm³/mol. The van der Waals surface area contributed by atoms with Crippen LogP contribution in [0.15, 0.2) is 51.8 Å². The molecule has 9 nitrogen and oxygen atoms in total. The van der Waals surface area contributed by atoms with Crippen LogP contribution < -0.4 is 4.80 Å². The average Bonchev–Trinajstić information content (AvgIpc) is 2.98. The Bertz CT molecular complexity index is 1260. The van der Waals surface area contributed by atoms with Crippen LogP contribution in [0.5, 0.6) is 0 Å². The number of hydrogen-bond acceptors (Lipinski definition) is 7. The van der Waals surface area contributed by atoms with Crippen LogP contribution >= 0.6 is 11.3 Å². The molecule has 29 heavy (non-hydrogen) atoms. The number of aromatic nitrogens is 1. The van der Waals surface area contributed by atoms with Crippen molar-refractivity contribution in [2.24, 2.45) is 4.40 Å². The minimum Gasteiger partial charge on any atom is -0.465 e. The zero-order valence-electron chi connectivity index (χ0n) is 15.6. The Morgan fingerprint density at radius 2 is 1.93 bits per heavy atom. The van der Waals surface area contributed by atoms with Crippen molar-refractivity contribution in [3.63, 3.8) is 0 Å². The predicted octanol–water partition coefficient (Wildman–Crippen LogP) is 2.77. The van der Waals surface area contributed by atoms with E-state index in [0.717, 1.165) is 16.9 Å². The summed E-state index contributed by atoms with van der Waals surface area (Å²) in [5, 5.41) is 11.1. The average molecular weight is 435 g/mol. The molecule has 0 atom stereocenters. The Kier molecular flexibility index (Phi) is 5.80. The van der Waals surface area contributed by atoms with Crippen molar-refractivity contribution in [2.75, 3.05) is 6.61 Å². The summed E-state index contributed by atoms with van der Waals surface area (Å²) in [4.78, 5) is 22.6. The number of carbonyl (C=O) groups excluding carboxylic acids is 1. The van der Waals surface area contributed by atoms with Crippen LogP contribution in [0.3, 0.4) is 0 Å². The topological polar surface area (TPSA) is 121 Å². The lowest BCUT2D eigenvalue weighted by Crippen LogP contribution is -2.23. The molecule has 11 heteroatoms. The molecule has 0 N–H and O–H groups in total. The van der Waals surface area contributed by atoms with Crippen molar-refractivity contribution in [1.82, 2.24) is 4.57 Å². The molecule has 0 saturated heterocycles. The normalized spacial score (nSPS) is 12.3. The van der Waals surface area contributed by atoms with E-state index in [-0.39, 0.29) is 28.5 Å². The number of ether oxygens (including phenoxy) is 1. The molecule has 152 valence electrons. The fraction of sp³-hybridized carbons (Fsp3) is 0.222. The zero-order chi connectivity index (χ0) is 21.2. The van der Waals surface area contributed by atoms with E-state index in [9.17, 15) is 23.3 Å². The molecule has 1 heterocycles. The standard InChI is InChI=1S/C18H17N3O6S2/c1-3-27-17(22)11-20-15-9-6-13(21(23)24)10-16(15)28-18(20)19-29(25,26)14-7-4-12(2)5-8-14/h4-10H,3,11H2,1-2H3/b19-18-. The quantitative estimate of drug-likeness (QED) is 0.333. The van der Waals surface area contributed by atoms with Crippen molar-refractivity contribution in [1.29, 1.82) is 0 Å². The largest absolute Gasteiger partial charge is 0.465 e.